The average molecular weight is 449 g/mol. The number of halogens is 2. The van der Waals surface area contributed by atoms with Crippen LogP contribution in [0.25, 0.3) is 10.2 Å². The maximum absolute atomic E-state index is 13.2. The van der Waals surface area contributed by atoms with Gasteiger partial charge in [-0.05, 0) is 54.8 Å². The van der Waals surface area contributed by atoms with E-state index in [9.17, 15) is 9.18 Å². The third-order valence-corrected chi connectivity index (χ3v) is 6.47. The third-order valence-electron chi connectivity index (χ3n) is 5.14. The number of anilines is 2. The number of hydrogen-bond donors (Lipinski definition) is 0. The summed E-state index contributed by atoms with van der Waals surface area (Å²) in [7, 11) is 0. The van der Waals surface area contributed by atoms with Crippen LogP contribution in [0.4, 0.5) is 15.9 Å². The molecule has 0 bridgehead atoms. The summed E-state index contributed by atoms with van der Waals surface area (Å²) in [6, 6.07) is 6.54. The van der Waals surface area contributed by atoms with E-state index in [1.54, 1.807) is 12.1 Å². The van der Waals surface area contributed by atoms with Gasteiger partial charge in [0.25, 0.3) is 0 Å². The normalized spacial score (nSPS) is 14.4. The predicted molar refractivity (Wildman–Crippen MR) is 119 cm³/mol. The molecule has 0 amide bonds. The highest BCUT2D eigenvalue weighted by Crippen LogP contribution is 2.37. The lowest BCUT2D eigenvalue weighted by atomic mass is 10.1. The minimum Gasteiger partial charge on any atom is -0.462 e. The molecule has 3 heterocycles. The number of fused-ring (bicyclic) bond motifs is 1. The predicted octanol–water partition coefficient (Wildman–Crippen LogP) is 4.69. The van der Waals surface area contributed by atoms with E-state index in [4.69, 9.17) is 16.3 Å². The summed E-state index contributed by atoms with van der Waals surface area (Å²) in [4.78, 5) is 26.9. The molecule has 0 unspecified atom stereocenters. The smallest absolute Gasteiger partial charge is 0.348 e. The van der Waals surface area contributed by atoms with E-state index < -0.39 is 0 Å². The van der Waals surface area contributed by atoms with E-state index in [1.807, 2.05) is 13.8 Å². The molecular weight excluding hydrogens is 427 g/mol. The number of benzene rings is 1. The molecule has 6 nitrogen and oxygen atoms in total. The maximum atomic E-state index is 13.2. The summed E-state index contributed by atoms with van der Waals surface area (Å²) in [6.45, 7) is 7.23. The van der Waals surface area contributed by atoms with Gasteiger partial charge in [-0.25, -0.2) is 14.2 Å². The molecule has 2 aromatic heterocycles. The zero-order valence-corrected chi connectivity index (χ0v) is 18.4. The third kappa shape index (κ3) is 4.06. The molecule has 0 atom stereocenters. The van der Waals surface area contributed by atoms with Gasteiger partial charge in [0, 0.05) is 31.9 Å². The first-order valence-electron chi connectivity index (χ1n) is 9.87. The lowest BCUT2D eigenvalue weighted by Crippen LogP contribution is -2.47. The summed E-state index contributed by atoms with van der Waals surface area (Å²) in [5.74, 6) is 0.171. The molecule has 4 rings (SSSR count). The number of aryl methyl sites for hydroxylation is 1. The Morgan fingerprint density at radius 2 is 1.83 bits per heavy atom. The Bertz CT molecular complexity index is 1070. The first-order valence-corrected chi connectivity index (χ1v) is 11.1. The minimum atomic E-state index is -0.333. The molecule has 0 spiro atoms. The molecule has 0 aliphatic carbocycles. The highest BCUT2D eigenvalue weighted by atomic mass is 35.5. The number of carbonyl (C=O) groups excluding carboxylic acids is 1. The summed E-state index contributed by atoms with van der Waals surface area (Å²) in [5.41, 5.74) is 1.82. The number of carbonyl (C=O) groups is 1. The molecule has 0 radical (unpaired) electrons. The second-order valence-electron chi connectivity index (χ2n) is 7.14. The highest BCUT2D eigenvalue weighted by molar-refractivity contribution is 7.20. The molecular formula is C21H22ClFN4O2S. The second-order valence-corrected chi connectivity index (χ2v) is 8.48. The van der Waals surface area contributed by atoms with Crippen LogP contribution >= 0.6 is 22.9 Å². The van der Waals surface area contributed by atoms with Gasteiger partial charge < -0.3 is 14.5 Å². The van der Waals surface area contributed by atoms with Crippen molar-refractivity contribution in [3.05, 3.63) is 45.8 Å². The van der Waals surface area contributed by atoms with E-state index in [1.165, 1.54) is 23.5 Å². The van der Waals surface area contributed by atoms with Crippen molar-refractivity contribution < 1.29 is 13.9 Å². The van der Waals surface area contributed by atoms with Gasteiger partial charge in [0.05, 0.1) is 12.0 Å². The summed E-state index contributed by atoms with van der Waals surface area (Å²) >= 11 is 7.49. The number of thiophene rings is 1. The van der Waals surface area contributed by atoms with Crippen LogP contribution in [-0.4, -0.2) is 48.7 Å². The molecule has 1 aromatic carbocycles. The van der Waals surface area contributed by atoms with Crippen LogP contribution in [0.3, 0.4) is 0 Å². The van der Waals surface area contributed by atoms with Gasteiger partial charge in [0.1, 0.15) is 21.3 Å². The van der Waals surface area contributed by atoms with Gasteiger partial charge >= 0.3 is 5.97 Å². The molecule has 3 aromatic rings. The molecule has 1 saturated heterocycles. The van der Waals surface area contributed by atoms with Gasteiger partial charge in [-0.3, -0.25) is 0 Å². The zero-order valence-electron chi connectivity index (χ0n) is 16.8. The molecule has 1 aliphatic heterocycles. The van der Waals surface area contributed by atoms with E-state index in [-0.39, 0.29) is 17.1 Å². The first kappa shape index (κ1) is 20.8. The van der Waals surface area contributed by atoms with E-state index in [0.29, 0.717) is 16.3 Å². The molecule has 30 heavy (non-hydrogen) atoms. The number of hydrogen-bond acceptors (Lipinski definition) is 7. The molecule has 1 fully saturated rings. The quantitative estimate of drug-likeness (QED) is 0.417. The molecule has 1 aliphatic rings. The minimum absolute atomic E-state index is 0.160. The number of nitrogens with zero attached hydrogens (tertiary/aromatic N) is 4. The fourth-order valence-corrected chi connectivity index (χ4v) is 4.89. The lowest BCUT2D eigenvalue weighted by molar-refractivity contribution is 0.0510. The lowest BCUT2D eigenvalue weighted by Gasteiger charge is -2.37. The number of ether oxygens (including phenoxy) is 1. The summed E-state index contributed by atoms with van der Waals surface area (Å²) in [6.07, 6.45) is 0.769. The summed E-state index contributed by atoms with van der Waals surface area (Å²) < 4.78 is 18.5. The van der Waals surface area contributed by atoms with Crippen LogP contribution < -0.4 is 9.80 Å². The van der Waals surface area contributed by atoms with Crippen molar-refractivity contribution in [3.8, 4) is 0 Å². The largest absolute Gasteiger partial charge is 0.462 e. The van der Waals surface area contributed by atoms with E-state index >= 15 is 0 Å². The topological polar surface area (TPSA) is 58.6 Å². The van der Waals surface area contributed by atoms with Crippen molar-refractivity contribution in [2.24, 2.45) is 0 Å². The van der Waals surface area contributed by atoms with Gasteiger partial charge in [-0.15, -0.1) is 11.3 Å². The fraction of sp³-hybridized carbons (Fsp3) is 0.381. The van der Waals surface area contributed by atoms with Crippen LogP contribution in [0.1, 0.15) is 28.6 Å². The number of rotatable bonds is 5. The van der Waals surface area contributed by atoms with Crippen LogP contribution in [0.15, 0.2) is 24.3 Å². The van der Waals surface area contributed by atoms with Crippen molar-refractivity contribution in [1.82, 2.24) is 9.97 Å². The molecule has 158 valence electrons. The van der Waals surface area contributed by atoms with Crippen LogP contribution in [0.5, 0.6) is 0 Å². The fourth-order valence-electron chi connectivity index (χ4n) is 3.60. The van der Waals surface area contributed by atoms with Gasteiger partial charge in [-0.1, -0.05) is 6.92 Å². The first-order chi connectivity index (χ1) is 14.5. The number of aromatic nitrogens is 2. The van der Waals surface area contributed by atoms with Crippen molar-refractivity contribution >= 4 is 50.6 Å². The highest BCUT2D eigenvalue weighted by Gasteiger charge is 2.26. The van der Waals surface area contributed by atoms with Crippen molar-refractivity contribution in [3.63, 3.8) is 0 Å². The van der Waals surface area contributed by atoms with E-state index in [2.05, 4.69) is 19.8 Å². The Morgan fingerprint density at radius 1 is 1.17 bits per heavy atom. The molecule has 0 saturated carbocycles. The second kappa shape index (κ2) is 8.73. The number of esters is 1. The maximum Gasteiger partial charge on any atom is 0.348 e. The zero-order chi connectivity index (χ0) is 21.3. The SMILES string of the molecule is CCCOC(=O)c1sc2nc(Cl)nc(N3CCN(c4ccc(F)cc4)CC3)c2c1C. The Kier molecular flexibility index (Phi) is 6.06. The average Bonchev–Trinajstić information content (AvgIpc) is 3.08. The van der Waals surface area contributed by atoms with Crippen LogP contribution in [-0.2, 0) is 4.74 Å². The van der Waals surface area contributed by atoms with Crippen molar-refractivity contribution in [2.75, 3.05) is 42.6 Å². The van der Waals surface area contributed by atoms with Crippen molar-refractivity contribution in [1.29, 1.82) is 0 Å². The van der Waals surface area contributed by atoms with Crippen LogP contribution in [0, 0.1) is 12.7 Å². The summed E-state index contributed by atoms with van der Waals surface area (Å²) in [5, 5.41) is 1.01. The van der Waals surface area contributed by atoms with Crippen LogP contribution in [0.2, 0.25) is 5.28 Å². The standard InChI is InChI=1S/C21H22ClFN4O2S/c1-3-12-29-20(28)17-13(2)16-18(24-21(22)25-19(16)30-17)27-10-8-26(9-11-27)15-6-4-14(23)5-7-15/h4-7H,3,8-12H2,1-2H3. The Labute approximate surface area is 183 Å². The molecule has 0 N–H and O–H groups in total. The van der Waals surface area contributed by atoms with Crippen molar-refractivity contribution in [2.45, 2.75) is 20.3 Å². The Morgan fingerprint density at radius 3 is 2.50 bits per heavy atom. The number of piperazine rings is 1. The molecule has 9 heteroatoms. The monoisotopic (exact) mass is 448 g/mol. The van der Waals surface area contributed by atoms with E-state index in [0.717, 1.165) is 55.1 Å². The van der Waals surface area contributed by atoms with Gasteiger partial charge in [-0.2, -0.15) is 4.98 Å². The van der Waals surface area contributed by atoms with Gasteiger partial charge in [0.2, 0.25) is 5.28 Å². The Hall–Kier alpha value is -2.45. The Balaban J connectivity index is 1.60. The van der Waals surface area contributed by atoms with Gasteiger partial charge in [0.15, 0.2) is 0 Å².